The molecule has 134 valence electrons. The average Bonchev–Trinajstić information content (AvgIpc) is 3.22. The second kappa shape index (κ2) is 7.11. The molecule has 3 aliphatic rings. The maximum atomic E-state index is 12.5. The molecule has 0 radical (unpaired) electrons. The third-order valence-electron chi connectivity index (χ3n) is 6.16. The summed E-state index contributed by atoms with van der Waals surface area (Å²) in [6.07, 6.45) is 8.79. The van der Waals surface area contributed by atoms with E-state index in [1.807, 2.05) is 4.90 Å². The summed E-state index contributed by atoms with van der Waals surface area (Å²) in [6.45, 7) is 0.685. The molecule has 2 aliphatic carbocycles. The van der Waals surface area contributed by atoms with E-state index in [1.165, 1.54) is 0 Å². The Morgan fingerprint density at radius 3 is 2.42 bits per heavy atom. The minimum Gasteiger partial charge on any atom is -0.481 e. The first-order valence-corrected chi connectivity index (χ1v) is 9.32. The van der Waals surface area contributed by atoms with E-state index in [9.17, 15) is 19.5 Å². The Hall–Kier alpha value is -1.59. The van der Waals surface area contributed by atoms with E-state index in [2.05, 4.69) is 5.32 Å². The Labute approximate surface area is 143 Å². The Morgan fingerprint density at radius 2 is 1.79 bits per heavy atom. The van der Waals surface area contributed by atoms with Crippen LogP contribution in [0.15, 0.2) is 0 Å². The normalized spacial score (nSPS) is 27.4. The fourth-order valence-corrected chi connectivity index (χ4v) is 4.57. The molecule has 2 amide bonds. The highest BCUT2D eigenvalue weighted by atomic mass is 16.4. The fourth-order valence-electron chi connectivity index (χ4n) is 4.57. The van der Waals surface area contributed by atoms with Gasteiger partial charge >= 0.3 is 5.97 Å². The highest BCUT2D eigenvalue weighted by Gasteiger charge is 2.42. The van der Waals surface area contributed by atoms with Crippen LogP contribution in [0.3, 0.4) is 0 Å². The van der Waals surface area contributed by atoms with Crippen molar-refractivity contribution in [2.24, 2.45) is 11.3 Å². The Bertz CT molecular complexity index is 507. The summed E-state index contributed by atoms with van der Waals surface area (Å²) < 4.78 is 0. The molecular weight excluding hydrogens is 308 g/mol. The van der Waals surface area contributed by atoms with Crippen LogP contribution < -0.4 is 5.32 Å². The number of carboxylic acid groups (broad SMARTS) is 1. The van der Waals surface area contributed by atoms with Gasteiger partial charge in [-0.05, 0) is 25.7 Å². The van der Waals surface area contributed by atoms with Crippen LogP contribution in [0.25, 0.3) is 0 Å². The standard InChI is InChI=1S/C18H28N2O4/c21-15-10-13(11-20(15)14-6-2-3-7-14)16(22)19-12-18(17(23)24)8-4-1-5-9-18/h13-14H,1-12H2,(H,19,22)(H,23,24). The van der Waals surface area contributed by atoms with E-state index >= 15 is 0 Å². The first-order valence-electron chi connectivity index (χ1n) is 9.32. The minimum absolute atomic E-state index is 0.0765. The molecule has 0 aromatic rings. The van der Waals surface area contributed by atoms with Crippen LogP contribution in [-0.2, 0) is 14.4 Å². The zero-order valence-electron chi connectivity index (χ0n) is 14.3. The zero-order chi connectivity index (χ0) is 17.2. The topological polar surface area (TPSA) is 86.7 Å². The van der Waals surface area contributed by atoms with E-state index in [4.69, 9.17) is 0 Å². The average molecular weight is 336 g/mol. The van der Waals surface area contributed by atoms with Crippen LogP contribution >= 0.6 is 0 Å². The molecule has 6 nitrogen and oxygen atoms in total. The first kappa shape index (κ1) is 17.2. The van der Waals surface area contributed by atoms with Crippen LogP contribution in [0.1, 0.15) is 64.2 Å². The molecule has 1 atom stereocenters. The maximum absolute atomic E-state index is 12.5. The van der Waals surface area contributed by atoms with E-state index < -0.39 is 11.4 Å². The molecule has 1 unspecified atom stereocenters. The van der Waals surface area contributed by atoms with Gasteiger partial charge in [-0.25, -0.2) is 0 Å². The summed E-state index contributed by atoms with van der Waals surface area (Å²) >= 11 is 0. The number of amides is 2. The molecule has 2 saturated carbocycles. The van der Waals surface area contributed by atoms with Gasteiger partial charge in [-0.1, -0.05) is 32.1 Å². The molecule has 0 aromatic carbocycles. The molecule has 3 fully saturated rings. The lowest BCUT2D eigenvalue weighted by Crippen LogP contribution is -2.46. The molecule has 24 heavy (non-hydrogen) atoms. The lowest BCUT2D eigenvalue weighted by Gasteiger charge is -2.33. The molecular formula is C18H28N2O4. The summed E-state index contributed by atoms with van der Waals surface area (Å²) in [7, 11) is 0. The van der Waals surface area contributed by atoms with Crippen molar-refractivity contribution in [3.05, 3.63) is 0 Å². The third-order valence-corrected chi connectivity index (χ3v) is 6.16. The van der Waals surface area contributed by atoms with Gasteiger partial charge in [0.05, 0.1) is 11.3 Å². The molecule has 1 saturated heterocycles. The van der Waals surface area contributed by atoms with Crippen LogP contribution in [0, 0.1) is 11.3 Å². The predicted octanol–water partition coefficient (Wildman–Crippen LogP) is 1.93. The van der Waals surface area contributed by atoms with Gasteiger partial charge in [0.1, 0.15) is 0 Å². The molecule has 0 aromatic heterocycles. The largest absolute Gasteiger partial charge is 0.481 e. The van der Waals surface area contributed by atoms with Crippen molar-refractivity contribution in [1.29, 1.82) is 0 Å². The summed E-state index contributed by atoms with van der Waals surface area (Å²) in [6, 6.07) is 0.305. The van der Waals surface area contributed by atoms with E-state index in [-0.39, 0.29) is 30.7 Å². The van der Waals surface area contributed by atoms with Crippen molar-refractivity contribution < 1.29 is 19.5 Å². The van der Waals surface area contributed by atoms with Gasteiger partial charge in [0.25, 0.3) is 0 Å². The van der Waals surface area contributed by atoms with Crippen molar-refractivity contribution in [2.45, 2.75) is 70.3 Å². The maximum Gasteiger partial charge on any atom is 0.311 e. The van der Waals surface area contributed by atoms with Crippen molar-refractivity contribution in [1.82, 2.24) is 10.2 Å². The van der Waals surface area contributed by atoms with Crippen molar-refractivity contribution in [2.75, 3.05) is 13.1 Å². The number of hydrogen-bond donors (Lipinski definition) is 2. The number of likely N-dealkylation sites (tertiary alicyclic amines) is 1. The van der Waals surface area contributed by atoms with Crippen molar-refractivity contribution in [3.8, 4) is 0 Å². The van der Waals surface area contributed by atoms with E-state index in [0.29, 0.717) is 25.4 Å². The number of carbonyl (C=O) groups excluding carboxylic acids is 2. The Balaban J connectivity index is 1.55. The molecule has 2 N–H and O–H groups in total. The highest BCUT2D eigenvalue weighted by molar-refractivity contribution is 5.89. The fraction of sp³-hybridized carbons (Fsp3) is 0.833. The quantitative estimate of drug-likeness (QED) is 0.803. The van der Waals surface area contributed by atoms with Crippen molar-refractivity contribution >= 4 is 17.8 Å². The molecule has 0 bridgehead atoms. The third kappa shape index (κ3) is 3.42. The van der Waals surface area contributed by atoms with Crippen molar-refractivity contribution in [3.63, 3.8) is 0 Å². The molecule has 1 heterocycles. The number of nitrogens with one attached hydrogen (secondary N) is 1. The monoisotopic (exact) mass is 336 g/mol. The van der Waals surface area contributed by atoms with E-state index in [0.717, 1.165) is 44.9 Å². The molecule has 1 aliphatic heterocycles. The lowest BCUT2D eigenvalue weighted by molar-refractivity contribution is -0.151. The van der Waals surface area contributed by atoms with Gasteiger partial charge in [-0.2, -0.15) is 0 Å². The zero-order valence-corrected chi connectivity index (χ0v) is 14.3. The smallest absolute Gasteiger partial charge is 0.311 e. The molecule has 6 heteroatoms. The minimum atomic E-state index is -0.818. The van der Waals surface area contributed by atoms with Crippen LogP contribution in [0.4, 0.5) is 0 Å². The molecule has 0 spiro atoms. The number of carboxylic acids is 1. The summed E-state index contributed by atoms with van der Waals surface area (Å²) in [5.74, 6) is -1.21. The second-order valence-corrected chi connectivity index (χ2v) is 7.75. The van der Waals surface area contributed by atoms with Crippen LogP contribution in [0.2, 0.25) is 0 Å². The predicted molar refractivity (Wildman–Crippen MR) is 88.2 cm³/mol. The summed E-state index contributed by atoms with van der Waals surface area (Å²) in [4.78, 5) is 38.2. The Kier molecular flexibility index (Phi) is 5.11. The first-order chi connectivity index (χ1) is 11.5. The number of carbonyl (C=O) groups is 3. The van der Waals surface area contributed by atoms with Gasteiger partial charge in [0.2, 0.25) is 11.8 Å². The highest BCUT2D eigenvalue weighted by Crippen LogP contribution is 2.36. The summed E-state index contributed by atoms with van der Waals surface area (Å²) in [5.41, 5.74) is -0.818. The van der Waals surface area contributed by atoms with Gasteiger partial charge in [0.15, 0.2) is 0 Å². The summed E-state index contributed by atoms with van der Waals surface area (Å²) in [5, 5.41) is 12.4. The number of nitrogens with zero attached hydrogens (tertiary/aromatic N) is 1. The van der Waals surface area contributed by atoms with E-state index in [1.54, 1.807) is 0 Å². The lowest BCUT2D eigenvalue weighted by atomic mass is 9.74. The van der Waals surface area contributed by atoms with Crippen LogP contribution in [0.5, 0.6) is 0 Å². The van der Waals surface area contributed by atoms with Crippen LogP contribution in [-0.4, -0.2) is 46.9 Å². The van der Waals surface area contributed by atoms with Gasteiger partial charge in [-0.15, -0.1) is 0 Å². The SMILES string of the molecule is O=C(NCC1(C(=O)O)CCCCC1)C1CC(=O)N(C2CCCC2)C1. The van der Waals surface area contributed by atoms with Gasteiger partial charge in [-0.3, -0.25) is 14.4 Å². The number of hydrogen-bond acceptors (Lipinski definition) is 3. The second-order valence-electron chi connectivity index (χ2n) is 7.75. The Morgan fingerprint density at radius 1 is 1.12 bits per heavy atom. The van der Waals surface area contributed by atoms with Gasteiger partial charge in [0, 0.05) is 25.6 Å². The molecule has 3 rings (SSSR count). The number of aliphatic carboxylic acids is 1. The van der Waals surface area contributed by atoms with Gasteiger partial charge < -0.3 is 15.3 Å². The number of rotatable bonds is 5.